The quantitative estimate of drug-likeness (QED) is 0.915. The van der Waals surface area contributed by atoms with Crippen LogP contribution in [0.2, 0.25) is 0 Å². The van der Waals surface area contributed by atoms with Crippen LogP contribution in [0.1, 0.15) is 16.8 Å². The molecule has 0 radical (unpaired) electrons. The summed E-state index contributed by atoms with van der Waals surface area (Å²) in [5.41, 5.74) is 4.03. The number of ether oxygens (including phenoxy) is 1. The fourth-order valence-electron chi connectivity index (χ4n) is 3.32. The fourth-order valence-corrected chi connectivity index (χ4v) is 3.32. The van der Waals surface area contributed by atoms with Gasteiger partial charge in [-0.1, -0.05) is 24.3 Å². The zero-order chi connectivity index (χ0) is 17.2. The number of rotatable bonds is 2. The van der Waals surface area contributed by atoms with Gasteiger partial charge in [0, 0.05) is 26.2 Å². The molecule has 3 heterocycles. The van der Waals surface area contributed by atoms with Crippen LogP contribution in [0.4, 0.5) is 16.3 Å². The van der Waals surface area contributed by atoms with Gasteiger partial charge >= 0.3 is 6.03 Å². The molecule has 0 atom stereocenters. The average Bonchev–Trinajstić information content (AvgIpc) is 3.08. The van der Waals surface area contributed by atoms with Crippen LogP contribution in [0, 0.1) is 6.92 Å². The van der Waals surface area contributed by atoms with Gasteiger partial charge < -0.3 is 19.9 Å². The summed E-state index contributed by atoms with van der Waals surface area (Å²) in [6.07, 6.45) is 0. The first kappa shape index (κ1) is 15.9. The number of aryl methyl sites for hydroxylation is 1. The molecule has 1 N–H and O–H groups in total. The van der Waals surface area contributed by atoms with Crippen LogP contribution >= 0.6 is 0 Å². The lowest BCUT2D eigenvalue weighted by molar-refractivity contribution is 0.122. The summed E-state index contributed by atoms with van der Waals surface area (Å²) in [6.45, 7) is 6.40. The number of aromatic nitrogens is 1. The maximum absolute atomic E-state index is 12.6. The van der Waals surface area contributed by atoms with Crippen molar-refractivity contribution in [3.63, 3.8) is 0 Å². The lowest BCUT2D eigenvalue weighted by Gasteiger charge is -2.28. The first-order valence-electron chi connectivity index (χ1n) is 8.64. The van der Waals surface area contributed by atoms with Crippen molar-refractivity contribution >= 4 is 17.5 Å². The Labute approximate surface area is 147 Å². The molecular formula is C19H22N4O2. The molecule has 0 unspecified atom stereocenters. The average molecular weight is 338 g/mol. The second-order valence-electron chi connectivity index (χ2n) is 6.46. The van der Waals surface area contributed by atoms with E-state index in [9.17, 15) is 4.79 Å². The van der Waals surface area contributed by atoms with Crippen molar-refractivity contribution in [2.45, 2.75) is 20.0 Å². The van der Waals surface area contributed by atoms with Crippen LogP contribution in [-0.2, 0) is 17.8 Å². The number of carbonyl (C=O) groups excluding carboxylic acids is 1. The van der Waals surface area contributed by atoms with Crippen LogP contribution in [0.25, 0.3) is 0 Å². The van der Waals surface area contributed by atoms with Crippen molar-refractivity contribution in [3.05, 3.63) is 53.2 Å². The summed E-state index contributed by atoms with van der Waals surface area (Å²) in [6, 6.07) is 12.0. The predicted molar refractivity (Wildman–Crippen MR) is 96.7 cm³/mol. The Balaban J connectivity index is 1.43. The number of pyridine rings is 1. The number of nitrogens with one attached hydrogen (secondary N) is 1. The van der Waals surface area contributed by atoms with E-state index in [2.05, 4.69) is 27.3 Å². The van der Waals surface area contributed by atoms with Gasteiger partial charge in [-0.2, -0.15) is 0 Å². The van der Waals surface area contributed by atoms with Crippen LogP contribution in [0.15, 0.2) is 36.4 Å². The van der Waals surface area contributed by atoms with Crippen molar-refractivity contribution in [2.75, 3.05) is 36.5 Å². The van der Waals surface area contributed by atoms with Crippen molar-refractivity contribution in [2.24, 2.45) is 0 Å². The van der Waals surface area contributed by atoms with Gasteiger partial charge in [0.1, 0.15) is 5.82 Å². The molecule has 1 fully saturated rings. The molecule has 6 heteroatoms. The van der Waals surface area contributed by atoms with E-state index < -0.39 is 0 Å². The van der Waals surface area contributed by atoms with Gasteiger partial charge in [-0.3, -0.25) is 0 Å². The number of carbonyl (C=O) groups is 1. The normalized spacial score (nSPS) is 16.7. The molecule has 25 heavy (non-hydrogen) atoms. The molecule has 2 amide bonds. The molecular weight excluding hydrogens is 316 g/mol. The highest BCUT2D eigenvalue weighted by atomic mass is 16.5. The highest BCUT2D eigenvalue weighted by molar-refractivity contribution is 5.90. The summed E-state index contributed by atoms with van der Waals surface area (Å²) >= 11 is 0. The number of benzene rings is 1. The Bertz CT molecular complexity index is 762. The predicted octanol–water partition coefficient (Wildman–Crippen LogP) is 2.77. The molecule has 6 nitrogen and oxygen atoms in total. The second-order valence-corrected chi connectivity index (χ2v) is 6.46. The minimum atomic E-state index is -0.0831. The third-order valence-corrected chi connectivity index (χ3v) is 4.78. The zero-order valence-corrected chi connectivity index (χ0v) is 14.4. The van der Waals surface area contributed by atoms with E-state index in [0.717, 1.165) is 43.5 Å². The summed E-state index contributed by atoms with van der Waals surface area (Å²) in [4.78, 5) is 21.3. The number of nitrogens with zero attached hydrogens (tertiary/aromatic N) is 3. The lowest BCUT2D eigenvalue weighted by atomic mass is 10.1. The Kier molecular flexibility index (Phi) is 4.28. The molecule has 1 aromatic heterocycles. The van der Waals surface area contributed by atoms with E-state index >= 15 is 0 Å². The van der Waals surface area contributed by atoms with Crippen LogP contribution in [0.3, 0.4) is 0 Å². The number of hydrogen-bond donors (Lipinski definition) is 1. The minimum absolute atomic E-state index is 0.0831. The van der Waals surface area contributed by atoms with Gasteiger partial charge in [-0.05, 0) is 30.2 Å². The number of anilines is 2. The number of hydrogen-bond acceptors (Lipinski definition) is 4. The third kappa shape index (κ3) is 3.30. The second kappa shape index (κ2) is 6.72. The van der Waals surface area contributed by atoms with E-state index in [0.29, 0.717) is 13.1 Å². The van der Waals surface area contributed by atoms with Gasteiger partial charge in [0.25, 0.3) is 0 Å². The van der Waals surface area contributed by atoms with E-state index in [1.807, 2.05) is 36.1 Å². The minimum Gasteiger partial charge on any atom is -0.378 e. The molecule has 0 saturated carbocycles. The SMILES string of the molecule is Cc1nc(N2CCOCC2)ccc1NC(=O)N1Cc2ccccc2C1. The van der Waals surface area contributed by atoms with Gasteiger partial charge in [0.05, 0.1) is 24.6 Å². The molecule has 2 aliphatic rings. The number of urea groups is 1. The topological polar surface area (TPSA) is 57.7 Å². The molecule has 1 saturated heterocycles. The molecule has 4 rings (SSSR count). The van der Waals surface area contributed by atoms with Gasteiger partial charge in [-0.25, -0.2) is 9.78 Å². The molecule has 0 bridgehead atoms. The highest BCUT2D eigenvalue weighted by Gasteiger charge is 2.23. The lowest BCUT2D eigenvalue weighted by Crippen LogP contribution is -2.37. The van der Waals surface area contributed by atoms with Crippen molar-refractivity contribution < 1.29 is 9.53 Å². The first-order chi connectivity index (χ1) is 12.2. The molecule has 1 aromatic carbocycles. The van der Waals surface area contributed by atoms with E-state index in [1.54, 1.807) is 0 Å². The monoisotopic (exact) mass is 338 g/mol. The van der Waals surface area contributed by atoms with E-state index in [1.165, 1.54) is 11.1 Å². The zero-order valence-electron chi connectivity index (χ0n) is 14.4. The Morgan fingerprint density at radius 2 is 1.76 bits per heavy atom. The van der Waals surface area contributed by atoms with Crippen LogP contribution in [0.5, 0.6) is 0 Å². The summed E-state index contributed by atoms with van der Waals surface area (Å²) in [7, 11) is 0. The molecule has 2 aromatic rings. The van der Waals surface area contributed by atoms with Crippen molar-refractivity contribution in [1.29, 1.82) is 0 Å². The number of fused-ring (bicyclic) bond motifs is 1. The summed E-state index contributed by atoms with van der Waals surface area (Å²) < 4.78 is 5.38. The fraction of sp³-hybridized carbons (Fsp3) is 0.368. The van der Waals surface area contributed by atoms with Crippen LogP contribution < -0.4 is 10.2 Å². The molecule has 2 aliphatic heterocycles. The first-order valence-corrected chi connectivity index (χ1v) is 8.64. The largest absolute Gasteiger partial charge is 0.378 e. The number of morpholine rings is 1. The molecule has 130 valence electrons. The van der Waals surface area contributed by atoms with Crippen molar-refractivity contribution in [1.82, 2.24) is 9.88 Å². The van der Waals surface area contributed by atoms with Gasteiger partial charge in [0.2, 0.25) is 0 Å². The molecule has 0 spiro atoms. The third-order valence-electron chi connectivity index (χ3n) is 4.78. The summed E-state index contributed by atoms with van der Waals surface area (Å²) in [5.74, 6) is 0.937. The van der Waals surface area contributed by atoms with E-state index in [4.69, 9.17) is 4.74 Å². The maximum atomic E-state index is 12.6. The smallest absolute Gasteiger partial charge is 0.322 e. The summed E-state index contributed by atoms with van der Waals surface area (Å²) in [5, 5.41) is 3.00. The Hall–Kier alpha value is -2.60. The van der Waals surface area contributed by atoms with Gasteiger partial charge in [0.15, 0.2) is 0 Å². The van der Waals surface area contributed by atoms with Crippen molar-refractivity contribution in [3.8, 4) is 0 Å². The number of amides is 2. The Morgan fingerprint density at radius 3 is 2.40 bits per heavy atom. The van der Waals surface area contributed by atoms with Crippen LogP contribution in [-0.4, -0.2) is 42.2 Å². The van der Waals surface area contributed by atoms with E-state index in [-0.39, 0.29) is 6.03 Å². The standard InChI is InChI=1S/C19H22N4O2/c1-14-17(6-7-18(20-14)22-8-10-25-11-9-22)21-19(24)23-12-15-4-2-3-5-16(15)13-23/h2-7H,8-13H2,1H3,(H,21,24). The Morgan fingerprint density at radius 1 is 1.08 bits per heavy atom. The highest BCUT2D eigenvalue weighted by Crippen LogP contribution is 2.24. The maximum Gasteiger partial charge on any atom is 0.322 e. The van der Waals surface area contributed by atoms with Gasteiger partial charge in [-0.15, -0.1) is 0 Å². The molecule has 0 aliphatic carbocycles.